The van der Waals surface area contributed by atoms with Crippen LogP contribution < -0.4 is 5.32 Å². The number of carbonyl (C=O) groups excluding carboxylic acids is 1. The Morgan fingerprint density at radius 2 is 1.97 bits per heavy atom. The highest BCUT2D eigenvalue weighted by Gasteiger charge is 2.32. The minimum atomic E-state index is -4.61. The zero-order valence-corrected chi connectivity index (χ0v) is 19.0. The van der Waals surface area contributed by atoms with Crippen molar-refractivity contribution in [2.75, 3.05) is 12.4 Å². The number of alkyl halides is 3. The van der Waals surface area contributed by atoms with Gasteiger partial charge in [0.2, 0.25) is 5.95 Å². The van der Waals surface area contributed by atoms with Crippen LogP contribution >= 0.6 is 11.6 Å². The minimum absolute atomic E-state index is 0.00446. The number of hydrogen-bond donors (Lipinski definition) is 1. The molecule has 3 aromatic heterocycles. The third-order valence-electron chi connectivity index (χ3n) is 4.75. The fraction of sp³-hybridized carbons (Fsp3) is 0.0870. The van der Waals surface area contributed by atoms with E-state index in [4.69, 9.17) is 11.6 Å². The highest BCUT2D eigenvalue weighted by molar-refractivity contribution is 6.31. The summed E-state index contributed by atoms with van der Waals surface area (Å²) in [5.41, 5.74) is 0.643. The van der Waals surface area contributed by atoms with Gasteiger partial charge in [0.05, 0.1) is 23.9 Å². The summed E-state index contributed by atoms with van der Waals surface area (Å²) in [5.74, 6) is -1.19. The van der Waals surface area contributed by atoms with Gasteiger partial charge < -0.3 is 10.1 Å². The molecule has 0 spiro atoms. The number of anilines is 2. The van der Waals surface area contributed by atoms with Crippen molar-refractivity contribution in [3.05, 3.63) is 83.3 Å². The van der Waals surface area contributed by atoms with Gasteiger partial charge in [0.25, 0.3) is 0 Å². The minimum Gasteiger partial charge on any atom is -0.466 e. The summed E-state index contributed by atoms with van der Waals surface area (Å²) in [6, 6.07) is 5.48. The predicted octanol–water partition coefficient (Wildman–Crippen LogP) is 5.47. The van der Waals surface area contributed by atoms with Crippen LogP contribution in [0.5, 0.6) is 0 Å². The molecule has 1 N–H and O–H groups in total. The second-order valence-corrected chi connectivity index (χ2v) is 7.63. The molecule has 0 saturated carbocycles. The standard InChI is InChI=1S/C23H15ClF4N6O2/c1-36-20(35)5-2-13-6-14(9-29-8-13)17-11-30-22(32-16-3-4-19(25)18(24)7-16)33-21(17)34-12-15(10-31-34)23(26,27)28/h2-12H,1H3,(H,30,32,33). The van der Waals surface area contributed by atoms with Crippen LogP contribution in [-0.2, 0) is 15.7 Å². The average Bonchev–Trinajstić information content (AvgIpc) is 3.36. The van der Waals surface area contributed by atoms with E-state index in [9.17, 15) is 22.4 Å². The number of rotatable bonds is 6. The first-order valence-corrected chi connectivity index (χ1v) is 10.4. The van der Waals surface area contributed by atoms with Crippen LogP contribution in [0.2, 0.25) is 5.02 Å². The molecule has 0 atom stereocenters. The fourth-order valence-corrected chi connectivity index (χ4v) is 3.21. The number of halogens is 5. The fourth-order valence-electron chi connectivity index (χ4n) is 3.03. The predicted molar refractivity (Wildman–Crippen MR) is 123 cm³/mol. The molecule has 0 aliphatic carbocycles. The summed E-state index contributed by atoms with van der Waals surface area (Å²) in [4.78, 5) is 24.1. The van der Waals surface area contributed by atoms with E-state index in [1.807, 2.05) is 0 Å². The Balaban J connectivity index is 1.78. The Kier molecular flexibility index (Phi) is 6.97. The molecule has 4 rings (SSSR count). The lowest BCUT2D eigenvalue weighted by Gasteiger charge is -2.12. The van der Waals surface area contributed by atoms with Crippen LogP contribution in [0.25, 0.3) is 23.0 Å². The largest absolute Gasteiger partial charge is 0.466 e. The number of ether oxygens (including phenoxy) is 1. The maximum atomic E-state index is 13.5. The van der Waals surface area contributed by atoms with Crippen molar-refractivity contribution in [1.82, 2.24) is 24.7 Å². The molecular formula is C23H15ClF4N6O2. The van der Waals surface area contributed by atoms with Crippen LogP contribution in [0, 0.1) is 5.82 Å². The van der Waals surface area contributed by atoms with E-state index in [0.29, 0.717) is 28.6 Å². The molecule has 0 unspecified atom stereocenters. The third-order valence-corrected chi connectivity index (χ3v) is 5.04. The van der Waals surface area contributed by atoms with Gasteiger partial charge in [-0.2, -0.15) is 23.3 Å². The van der Waals surface area contributed by atoms with E-state index in [-0.39, 0.29) is 16.8 Å². The molecule has 36 heavy (non-hydrogen) atoms. The number of esters is 1. The molecule has 8 nitrogen and oxygen atoms in total. The number of aromatic nitrogens is 5. The third kappa shape index (κ3) is 5.66. The lowest BCUT2D eigenvalue weighted by molar-refractivity contribution is -0.137. The van der Waals surface area contributed by atoms with Crippen LogP contribution in [0.3, 0.4) is 0 Å². The molecule has 0 amide bonds. The van der Waals surface area contributed by atoms with E-state index in [1.54, 1.807) is 6.07 Å². The topological polar surface area (TPSA) is 94.8 Å². The summed E-state index contributed by atoms with van der Waals surface area (Å²) in [5, 5.41) is 6.51. The second kappa shape index (κ2) is 10.1. The monoisotopic (exact) mass is 518 g/mol. The van der Waals surface area contributed by atoms with E-state index in [1.165, 1.54) is 50.0 Å². The maximum Gasteiger partial charge on any atom is 0.419 e. The van der Waals surface area contributed by atoms with Gasteiger partial charge in [0.1, 0.15) is 5.82 Å². The molecular weight excluding hydrogens is 504 g/mol. The van der Waals surface area contributed by atoms with Gasteiger partial charge in [0, 0.05) is 47.7 Å². The average molecular weight is 519 g/mol. The van der Waals surface area contributed by atoms with Crippen LogP contribution in [-0.4, -0.2) is 37.8 Å². The lowest BCUT2D eigenvalue weighted by Crippen LogP contribution is -2.07. The Bertz CT molecular complexity index is 1450. The van der Waals surface area contributed by atoms with Gasteiger partial charge in [-0.3, -0.25) is 4.98 Å². The molecule has 0 aliphatic rings. The number of pyridine rings is 1. The van der Waals surface area contributed by atoms with Crippen LogP contribution in [0.15, 0.2) is 61.3 Å². The molecule has 0 fully saturated rings. The Labute approximate surface area is 206 Å². The van der Waals surface area contributed by atoms with Crippen molar-refractivity contribution in [2.24, 2.45) is 0 Å². The normalized spacial score (nSPS) is 11.6. The van der Waals surface area contributed by atoms with E-state index in [2.05, 4.69) is 30.1 Å². The van der Waals surface area contributed by atoms with Gasteiger partial charge in [-0.15, -0.1) is 0 Å². The highest BCUT2D eigenvalue weighted by Crippen LogP contribution is 2.32. The number of nitrogens with zero attached hydrogens (tertiary/aromatic N) is 5. The van der Waals surface area contributed by atoms with Gasteiger partial charge in [-0.25, -0.2) is 18.9 Å². The zero-order valence-electron chi connectivity index (χ0n) is 18.3. The van der Waals surface area contributed by atoms with E-state index >= 15 is 0 Å². The van der Waals surface area contributed by atoms with Crippen molar-refractivity contribution >= 4 is 35.3 Å². The molecule has 0 radical (unpaired) electrons. The Morgan fingerprint density at radius 1 is 1.17 bits per heavy atom. The summed E-state index contributed by atoms with van der Waals surface area (Å²) in [7, 11) is 1.24. The molecule has 0 bridgehead atoms. The second-order valence-electron chi connectivity index (χ2n) is 7.22. The van der Waals surface area contributed by atoms with Gasteiger partial charge in [-0.1, -0.05) is 11.6 Å². The Hall–Kier alpha value is -4.32. The number of methoxy groups -OCH3 is 1. The summed E-state index contributed by atoms with van der Waals surface area (Å²) < 4.78 is 58.6. The van der Waals surface area contributed by atoms with Gasteiger partial charge in [0.15, 0.2) is 5.82 Å². The summed E-state index contributed by atoms with van der Waals surface area (Å²) >= 11 is 5.81. The van der Waals surface area contributed by atoms with Gasteiger partial charge in [-0.05, 0) is 35.9 Å². The Morgan fingerprint density at radius 3 is 2.67 bits per heavy atom. The van der Waals surface area contributed by atoms with Crippen molar-refractivity contribution in [3.8, 4) is 16.9 Å². The first-order chi connectivity index (χ1) is 17.1. The quantitative estimate of drug-likeness (QED) is 0.205. The van der Waals surface area contributed by atoms with Crippen molar-refractivity contribution < 1.29 is 27.1 Å². The molecule has 184 valence electrons. The van der Waals surface area contributed by atoms with Crippen LogP contribution in [0.1, 0.15) is 11.1 Å². The molecule has 3 heterocycles. The number of carbonyl (C=O) groups is 1. The molecule has 1 aromatic carbocycles. The van der Waals surface area contributed by atoms with Crippen molar-refractivity contribution in [3.63, 3.8) is 0 Å². The maximum absolute atomic E-state index is 13.5. The molecule has 0 saturated heterocycles. The zero-order chi connectivity index (χ0) is 25.9. The van der Waals surface area contributed by atoms with E-state index < -0.39 is 23.5 Å². The molecule has 4 aromatic rings. The smallest absolute Gasteiger partial charge is 0.419 e. The first kappa shape index (κ1) is 24.8. The number of hydrogen-bond acceptors (Lipinski definition) is 7. The van der Waals surface area contributed by atoms with Gasteiger partial charge >= 0.3 is 12.1 Å². The molecule has 13 heteroatoms. The SMILES string of the molecule is COC(=O)C=Cc1cncc(-c2cnc(Nc3ccc(F)c(Cl)c3)nc2-n2cc(C(F)(F)F)cn2)c1. The summed E-state index contributed by atoms with van der Waals surface area (Å²) in [6.45, 7) is 0. The van der Waals surface area contributed by atoms with Crippen LogP contribution in [0.4, 0.5) is 29.2 Å². The van der Waals surface area contributed by atoms with Crippen molar-refractivity contribution in [1.29, 1.82) is 0 Å². The lowest BCUT2D eigenvalue weighted by atomic mass is 10.1. The molecule has 0 aliphatic heterocycles. The summed E-state index contributed by atoms with van der Waals surface area (Å²) in [6.07, 6.45) is 3.82. The number of benzene rings is 1. The van der Waals surface area contributed by atoms with E-state index in [0.717, 1.165) is 16.9 Å². The number of nitrogens with one attached hydrogen (secondary N) is 1. The highest BCUT2D eigenvalue weighted by atomic mass is 35.5. The van der Waals surface area contributed by atoms with Crippen molar-refractivity contribution in [2.45, 2.75) is 6.18 Å². The first-order valence-electron chi connectivity index (χ1n) is 10.1.